The van der Waals surface area contributed by atoms with Crippen LogP contribution < -0.4 is 5.73 Å². The molecule has 3 aliphatic heterocycles. The SMILES string of the molecule is COC(=O)N1CCc2c(nc(C)n2C2CC3CCC(C2)N3CC[C@H](N)c2ccccc2)C1. The quantitative estimate of drug-likeness (QED) is 0.774. The molecular weight excluding hydrogens is 402 g/mol. The second-order valence-corrected chi connectivity index (χ2v) is 9.62. The number of carbonyl (C=O) groups excluding carboxylic acids is 1. The highest BCUT2D eigenvalue weighted by Gasteiger charge is 2.42. The molecule has 0 saturated carbocycles. The molecule has 2 N–H and O–H groups in total. The first kappa shape index (κ1) is 21.5. The number of aryl methyl sites for hydroxylation is 1. The van der Waals surface area contributed by atoms with Crippen LogP contribution in [0, 0.1) is 6.92 Å². The number of piperidine rings is 1. The molecule has 1 amide bonds. The van der Waals surface area contributed by atoms with Crippen molar-refractivity contribution in [3.05, 3.63) is 53.1 Å². The minimum absolute atomic E-state index is 0.106. The van der Waals surface area contributed by atoms with Gasteiger partial charge in [0.05, 0.1) is 19.3 Å². The average molecular weight is 438 g/mol. The number of rotatable bonds is 5. The lowest BCUT2D eigenvalue weighted by atomic mass is 9.95. The van der Waals surface area contributed by atoms with Crippen LogP contribution in [0.1, 0.15) is 67.0 Å². The molecule has 1 aromatic heterocycles. The van der Waals surface area contributed by atoms with Gasteiger partial charge < -0.3 is 19.9 Å². The number of nitrogens with zero attached hydrogens (tertiary/aromatic N) is 4. The Kier molecular flexibility index (Phi) is 5.95. The molecule has 3 aliphatic rings. The van der Waals surface area contributed by atoms with Crippen LogP contribution in [0.15, 0.2) is 30.3 Å². The summed E-state index contributed by atoms with van der Waals surface area (Å²) < 4.78 is 7.41. The Bertz CT molecular complexity index is 945. The number of hydrogen-bond donors (Lipinski definition) is 1. The van der Waals surface area contributed by atoms with Gasteiger partial charge in [0.15, 0.2) is 0 Å². The average Bonchev–Trinajstić information content (AvgIpc) is 3.27. The molecule has 172 valence electrons. The number of benzene rings is 1. The fourth-order valence-electron chi connectivity index (χ4n) is 6.29. The maximum atomic E-state index is 12.0. The van der Waals surface area contributed by atoms with E-state index in [1.54, 1.807) is 4.90 Å². The summed E-state index contributed by atoms with van der Waals surface area (Å²) in [6.45, 7) is 4.45. The summed E-state index contributed by atoms with van der Waals surface area (Å²) in [7, 11) is 1.44. The lowest BCUT2D eigenvalue weighted by molar-refractivity contribution is 0.100. The third-order valence-electron chi connectivity index (χ3n) is 7.81. The zero-order valence-electron chi connectivity index (χ0n) is 19.2. The summed E-state index contributed by atoms with van der Waals surface area (Å²) >= 11 is 0. The molecule has 2 aromatic rings. The van der Waals surface area contributed by atoms with Gasteiger partial charge in [0.25, 0.3) is 0 Å². The van der Waals surface area contributed by atoms with Gasteiger partial charge >= 0.3 is 6.09 Å². The number of amides is 1. The Labute approximate surface area is 190 Å². The number of hydrogen-bond acceptors (Lipinski definition) is 5. The molecule has 2 unspecified atom stereocenters. The number of nitrogens with two attached hydrogens (primary N) is 1. The number of carbonyl (C=O) groups is 1. The van der Waals surface area contributed by atoms with E-state index in [4.69, 9.17) is 15.5 Å². The van der Waals surface area contributed by atoms with Gasteiger partial charge in [-0.3, -0.25) is 4.90 Å². The molecule has 2 bridgehead atoms. The molecular formula is C25H35N5O2. The Hall–Kier alpha value is -2.38. The molecule has 3 atom stereocenters. The predicted molar refractivity (Wildman–Crippen MR) is 123 cm³/mol. The molecule has 32 heavy (non-hydrogen) atoms. The number of fused-ring (bicyclic) bond motifs is 3. The van der Waals surface area contributed by atoms with E-state index >= 15 is 0 Å². The first-order chi connectivity index (χ1) is 15.5. The van der Waals surface area contributed by atoms with Crippen molar-refractivity contribution in [1.82, 2.24) is 19.4 Å². The lowest BCUT2D eigenvalue weighted by Gasteiger charge is -2.41. The van der Waals surface area contributed by atoms with Crippen molar-refractivity contribution in [2.45, 2.75) is 76.2 Å². The molecule has 0 aliphatic carbocycles. The standard InChI is InChI=1S/C25H35N5O2/c1-17-27-23-16-28(25(31)32-2)12-11-24(23)30(17)21-14-19-8-9-20(15-21)29(19)13-10-22(26)18-6-4-3-5-7-18/h3-7,19-22H,8-16,26H2,1-2H3/t19?,20?,21?,22-/m0/s1. The topological polar surface area (TPSA) is 76.6 Å². The zero-order chi connectivity index (χ0) is 22.2. The minimum atomic E-state index is -0.261. The molecule has 0 spiro atoms. The third-order valence-corrected chi connectivity index (χ3v) is 7.81. The van der Waals surface area contributed by atoms with Gasteiger partial charge in [0.2, 0.25) is 0 Å². The third kappa shape index (κ3) is 3.92. The molecule has 5 rings (SSSR count). The van der Waals surface area contributed by atoms with Gasteiger partial charge in [-0.05, 0) is 44.6 Å². The van der Waals surface area contributed by atoms with Crippen LogP contribution in [0.2, 0.25) is 0 Å². The van der Waals surface area contributed by atoms with Crippen molar-refractivity contribution in [2.75, 3.05) is 20.2 Å². The van der Waals surface area contributed by atoms with E-state index in [1.165, 1.54) is 44.1 Å². The van der Waals surface area contributed by atoms with Gasteiger partial charge in [-0.2, -0.15) is 0 Å². The van der Waals surface area contributed by atoms with Crippen molar-refractivity contribution in [1.29, 1.82) is 0 Å². The highest BCUT2D eigenvalue weighted by Crippen LogP contribution is 2.42. The highest BCUT2D eigenvalue weighted by atomic mass is 16.5. The molecule has 7 heteroatoms. The number of methoxy groups -OCH3 is 1. The summed E-state index contributed by atoms with van der Waals surface area (Å²) in [4.78, 5) is 21.3. The summed E-state index contributed by atoms with van der Waals surface area (Å²) in [5.74, 6) is 1.09. The summed E-state index contributed by atoms with van der Waals surface area (Å²) in [5, 5.41) is 0. The first-order valence-corrected chi connectivity index (χ1v) is 12.0. The van der Waals surface area contributed by atoms with Crippen molar-refractivity contribution >= 4 is 6.09 Å². The molecule has 1 aromatic carbocycles. The first-order valence-electron chi connectivity index (χ1n) is 12.0. The van der Waals surface area contributed by atoms with E-state index in [2.05, 4.69) is 40.7 Å². The minimum Gasteiger partial charge on any atom is -0.453 e. The van der Waals surface area contributed by atoms with Crippen LogP contribution in [-0.2, 0) is 17.7 Å². The van der Waals surface area contributed by atoms with Gasteiger partial charge in [0.1, 0.15) is 5.82 Å². The van der Waals surface area contributed by atoms with Gasteiger partial charge in [-0.25, -0.2) is 9.78 Å². The molecule has 0 radical (unpaired) electrons. The zero-order valence-corrected chi connectivity index (χ0v) is 19.2. The summed E-state index contributed by atoms with van der Waals surface area (Å²) in [6.07, 6.45) is 6.53. The number of ether oxygens (including phenoxy) is 1. The van der Waals surface area contributed by atoms with Crippen LogP contribution in [0.5, 0.6) is 0 Å². The van der Waals surface area contributed by atoms with Crippen molar-refractivity contribution in [3.63, 3.8) is 0 Å². The normalized spacial score (nSPS) is 26.1. The fourth-order valence-corrected chi connectivity index (χ4v) is 6.29. The van der Waals surface area contributed by atoms with E-state index in [1.807, 2.05) is 6.07 Å². The molecule has 2 fully saturated rings. The second kappa shape index (κ2) is 8.87. The van der Waals surface area contributed by atoms with Crippen LogP contribution >= 0.6 is 0 Å². The van der Waals surface area contributed by atoms with Crippen LogP contribution in [-0.4, -0.2) is 57.7 Å². The number of imidazole rings is 1. The van der Waals surface area contributed by atoms with Crippen molar-refractivity contribution < 1.29 is 9.53 Å². The monoisotopic (exact) mass is 437 g/mol. The maximum absolute atomic E-state index is 12.0. The molecule has 7 nitrogen and oxygen atoms in total. The smallest absolute Gasteiger partial charge is 0.409 e. The van der Waals surface area contributed by atoms with Crippen LogP contribution in [0.4, 0.5) is 4.79 Å². The van der Waals surface area contributed by atoms with E-state index in [9.17, 15) is 4.79 Å². The Morgan fingerprint density at radius 1 is 1.19 bits per heavy atom. The van der Waals surface area contributed by atoms with Gasteiger partial charge in [-0.1, -0.05) is 30.3 Å². The van der Waals surface area contributed by atoms with Crippen molar-refractivity contribution in [2.24, 2.45) is 5.73 Å². The fraction of sp³-hybridized carbons (Fsp3) is 0.600. The maximum Gasteiger partial charge on any atom is 0.409 e. The van der Waals surface area contributed by atoms with E-state index < -0.39 is 0 Å². The van der Waals surface area contributed by atoms with E-state index in [0.29, 0.717) is 31.2 Å². The summed E-state index contributed by atoms with van der Waals surface area (Å²) in [6, 6.07) is 12.3. The number of aromatic nitrogens is 2. The summed E-state index contributed by atoms with van der Waals surface area (Å²) in [5.41, 5.74) is 10.1. The van der Waals surface area contributed by atoms with Gasteiger partial charge in [-0.15, -0.1) is 0 Å². The predicted octanol–water partition coefficient (Wildman–Crippen LogP) is 3.57. The Balaban J connectivity index is 1.25. The van der Waals surface area contributed by atoms with Crippen molar-refractivity contribution in [3.8, 4) is 0 Å². The Morgan fingerprint density at radius 3 is 2.59 bits per heavy atom. The largest absolute Gasteiger partial charge is 0.453 e. The van der Waals surface area contributed by atoms with Crippen LogP contribution in [0.25, 0.3) is 0 Å². The van der Waals surface area contributed by atoms with Gasteiger partial charge in [0, 0.05) is 49.4 Å². The molecule has 2 saturated heterocycles. The van der Waals surface area contributed by atoms with E-state index in [0.717, 1.165) is 30.9 Å². The van der Waals surface area contributed by atoms with E-state index in [-0.39, 0.29) is 12.1 Å². The van der Waals surface area contributed by atoms with Crippen LogP contribution in [0.3, 0.4) is 0 Å². The second-order valence-electron chi connectivity index (χ2n) is 9.62. The highest BCUT2D eigenvalue weighted by molar-refractivity contribution is 5.67. The lowest BCUT2D eigenvalue weighted by Crippen LogP contribution is -2.45. The molecule has 4 heterocycles. The Morgan fingerprint density at radius 2 is 1.91 bits per heavy atom.